The second kappa shape index (κ2) is 7.54. The van der Waals surface area contributed by atoms with E-state index in [0.717, 1.165) is 0 Å². The van der Waals surface area contributed by atoms with Crippen molar-refractivity contribution in [1.29, 1.82) is 0 Å². The van der Waals surface area contributed by atoms with Crippen LogP contribution >= 0.6 is 0 Å². The van der Waals surface area contributed by atoms with E-state index in [2.05, 4.69) is 36.4 Å². The smallest absolute Gasteiger partial charge is 0.412 e. The van der Waals surface area contributed by atoms with Crippen molar-refractivity contribution in [1.82, 2.24) is 0 Å². The second-order valence-electron chi connectivity index (χ2n) is 7.62. The number of amides is 1. The number of benzene rings is 1. The fourth-order valence-electron chi connectivity index (χ4n) is 1.79. The van der Waals surface area contributed by atoms with E-state index in [1.54, 1.807) is 39.0 Å². The summed E-state index contributed by atoms with van der Waals surface area (Å²) in [6.07, 6.45) is -0.718. The molecule has 0 aromatic heterocycles. The minimum absolute atomic E-state index is 0.133. The predicted octanol–water partition coefficient (Wildman–Crippen LogP) is 3.89. The molecule has 0 bridgehead atoms. The lowest BCUT2D eigenvalue weighted by atomic mass is 10.1. The molecule has 2 N–H and O–H groups in total. The number of anilines is 1. The third-order valence-corrected chi connectivity index (χ3v) is 3.45. The van der Waals surface area contributed by atoms with Crippen LogP contribution in [0.1, 0.15) is 31.9 Å². The molecule has 0 unspecified atom stereocenters. The molecule has 0 fully saturated rings. The van der Waals surface area contributed by atoms with Crippen molar-refractivity contribution in [3.8, 4) is 11.5 Å². The van der Waals surface area contributed by atoms with Gasteiger partial charge in [-0.1, -0.05) is 25.6 Å². The van der Waals surface area contributed by atoms with E-state index in [9.17, 15) is 9.59 Å². The lowest BCUT2D eigenvalue weighted by Crippen LogP contribution is -2.27. The van der Waals surface area contributed by atoms with Crippen LogP contribution in [0.3, 0.4) is 0 Å². The zero-order valence-corrected chi connectivity index (χ0v) is 16.1. The van der Waals surface area contributed by atoms with E-state index in [1.165, 1.54) is 0 Å². The van der Waals surface area contributed by atoms with Crippen LogP contribution in [-0.2, 0) is 16.0 Å². The molecule has 1 aromatic carbocycles. The second-order valence-corrected chi connectivity index (χ2v) is 12.4. The van der Waals surface area contributed by atoms with E-state index in [-0.39, 0.29) is 6.42 Å². The summed E-state index contributed by atoms with van der Waals surface area (Å²) in [7, 11) is -1.56. The lowest BCUT2D eigenvalue weighted by Gasteiger charge is -2.20. The van der Waals surface area contributed by atoms with E-state index >= 15 is 0 Å². The zero-order valence-electron chi connectivity index (χ0n) is 15.1. The zero-order chi connectivity index (χ0) is 18.5. The summed E-state index contributed by atoms with van der Waals surface area (Å²) in [5, 5.41) is 11.6. The maximum absolute atomic E-state index is 11.9. The number of carbonyl (C=O) groups excluding carboxylic acids is 1. The van der Waals surface area contributed by atoms with Crippen LogP contribution < -0.4 is 5.32 Å². The van der Waals surface area contributed by atoms with Crippen molar-refractivity contribution >= 4 is 25.8 Å². The van der Waals surface area contributed by atoms with Gasteiger partial charge in [0, 0.05) is 11.3 Å². The first-order valence-corrected chi connectivity index (χ1v) is 11.2. The Morgan fingerprint density at radius 1 is 1.21 bits per heavy atom. The highest BCUT2D eigenvalue weighted by Crippen LogP contribution is 2.17. The average molecular weight is 347 g/mol. The van der Waals surface area contributed by atoms with Crippen molar-refractivity contribution in [2.24, 2.45) is 0 Å². The van der Waals surface area contributed by atoms with Crippen molar-refractivity contribution in [3.05, 3.63) is 29.3 Å². The summed E-state index contributed by atoms with van der Waals surface area (Å²) >= 11 is 0. The van der Waals surface area contributed by atoms with Gasteiger partial charge in [-0.3, -0.25) is 10.1 Å². The number of carboxylic acid groups (broad SMARTS) is 1. The molecule has 0 heterocycles. The highest BCUT2D eigenvalue weighted by Gasteiger charge is 2.17. The van der Waals surface area contributed by atoms with Crippen LogP contribution in [0.5, 0.6) is 0 Å². The lowest BCUT2D eigenvalue weighted by molar-refractivity contribution is -0.136. The van der Waals surface area contributed by atoms with Crippen LogP contribution in [0, 0.1) is 11.5 Å². The van der Waals surface area contributed by atoms with Gasteiger partial charge in [-0.2, -0.15) is 0 Å². The molecule has 24 heavy (non-hydrogen) atoms. The van der Waals surface area contributed by atoms with Gasteiger partial charge in [-0.25, -0.2) is 4.79 Å². The Labute approximate surface area is 144 Å². The predicted molar refractivity (Wildman–Crippen MR) is 97.9 cm³/mol. The third-order valence-electron chi connectivity index (χ3n) is 2.58. The molecule has 1 aromatic rings. The van der Waals surface area contributed by atoms with Crippen LogP contribution in [0.2, 0.25) is 19.6 Å². The van der Waals surface area contributed by atoms with Gasteiger partial charge in [0.05, 0.1) is 6.42 Å². The van der Waals surface area contributed by atoms with Crippen LogP contribution in [0.25, 0.3) is 0 Å². The Balaban J connectivity index is 3.11. The molecule has 5 nitrogen and oxygen atoms in total. The van der Waals surface area contributed by atoms with Crippen LogP contribution in [0.15, 0.2) is 18.2 Å². The first-order chi connectivity index (χ1) is 10.8. The number of carbonyl (C=O) groups is 2. The quantitative estimate of drug-likeness (QED) is 0.642. The molecule has 0 aliphatic heterocycles. The molecule has 0 saturated carbocycles. The largest absolute Gasteiger partial charge is 0.481 e. The monoisotopic (exact) mass is 347 g/mol. The molecular formula is C18H25NO4Si. The number of nitrogens with one attached hydrogen (secondary N) is 1. The number of aliphatic carboxylic acids is 1. The summed E-state index contributed by atoms with van der Waals surface area (Å²) in [5.74, 6) is 2.15. The van der Waals surface area contributed by atoms with Crippen LogP contribution in [-0.4, -0.2) is 30.8 Å². The first-order valence-electron chi connectivity index (χ1n) is 7.73. The molecule has 130 valence electrons. The van der Waals surface area contributed by atoms with Gasteiger partial charge in [0.15, 0.2) is 0 Å². The van der Waals surface area contributed by atoms with Crippen molar-refractivity contribution < 1.29 is 19.4 Å². The number of carboxylic acids is 1. The Morgan fingerprint density at radius 3 is 2.33 bits per heavy atom. The number of ether oxygens (including phenoxy) is 1. The van der Waals surface area contributed by atoms with Gasteiger partial charge in [0.2, 0.25) is 0 Å². The van der Waals surface area contributed by atoms with Crippen molar-refractivity contribution in [3.63, 3.8) is 0 Å². The highest BCUT2D eigenvalue weighted by molar-refractivity contribution is 6.83. The Hall–Kier alpha value is -2.26. The Kier molecular flexibility index (Phi) is 6.21. The van der Waals surface area contributed by atoms with Gasteiger partial charge in [0.1, 0.15) is 13.7 Å². The molecule has 0 atom stereocenters. The number of hydrogen-bond donors (Lipinski definition) is 2. The standard InChI is InChI=1S/C18H25NO4Si/c1-18(2,3)23-17(22)19-15-10-13(7-8-24(4,5)6)9-14(11-15)12-16(20)21/h9-11H,12H2,1-6H3,(H,19,22)(H,20,21). The molecule has 0 spiro atoms. The van der Waals surface area contributed by atoms with Crippen molar-refractivity contribution in [2.45, 2.75) is 52.4 Å². The summed E-state index contributed by atoms with van der Waals surface area (Å²) in [4.78, 5) is 22.9. The minimum Gasteiger partial charge on any atom is -0.481 e. The fraction of sp³-hybridized carbons (Fsp3) is 0.444. The highest BCUT2D eigenvalue weighted by atomic mass is 28.3. The van der Waals surface area contributed by atoms with E-state index < -0.39 is 25.7 Å². The molecule has 0 radical (unpaired) electrons. The summed E-state index contributed by atoms with van der Waals surface area (Å²) in [6.45, 7) is 11.7. The van der Waals surface area contributed by atoms with Gasteiger partial charge < -0.3 is 9.84 Å². The number of hydrogen-bond acceptors (Lipinski definition) is 3. The Bertz CT molecular complexity index is 688. The fourth-order valence-corrected chi connectivity index (χ4v) is 2.31. The van der Waals surface area contributed by atoms with Crippen molar-refractivity contribution in [2.75, 3.05) is 5.32 Å². The SMILES string of the molecule is CC(C)(C)OC(=O)Nc1cc(C#C[Si](C)(C)C)cc(CC(=O)O)c1. The maximum atomic E-state index is 11.9. The molecular weight excluding hydrogens is 322 g/mol. The van der Waals surface area contributed by atoms with Crippen LogP contribution in [0.4, 0.5) is 10.5 Å². The molecule has 0 aliphatic rings. The molecule has 6 heteroatoms. The molecule has 1 amide bonds. The summed E-state index contributed by atoms with van der Waals surface area (Å²) in [6, 6.07) is 5.08. The topological polar surface area (TPSA) is 75.6 Å². The number of rotatable bonds is 3. The first kappa shape index (κ1) is 19.8. The average Bonchev–Trinajstić information content (AvgIpc) is 2.31. The summed E-state index contributed by atoms with van der Waals surface area (Å²) in [5.41, 5.74) is 4.36. The third kappa shape index (κ3) is 8.39. The molecule has 1 rings (SSSR count). The van der Waals surface area contributed by atoms with E-state index in [1.807, 2.05) is 0 Å². The van der Waals surface area contributed by atoms with E-state index in [0.29, 0.717) is 16.8 Å². The van der Waals surface area contributed by atoms with Gasteiger partial charge >= 0.3 is 12.1 Å². The molecule has 0 saturated heterocycles. The minimum atomic E-state index is -1.56. The molecule has 0 aliphatic carbocycles. The van der Waals surface area contributed by atoms with Gasteiger partial charge in [0.25, 0.3) is 0 Å². The Morgan fingerprint density at radius 2 is 1.83 bits per heavy atom. The van der Waals surface area contributed by atoms with Gasteiger partial charge in [-0.05, 0) is 44.5 Å². The van der Waals surface area contributed by atoms with Gasteiger partial charge in [-0.15, -0.1) is 5.54 Å². The van der Waals surface area contributed by atoms with E-state index in [4.69, 9.17) is 9.84 Å². The maximum Gasteiger partial charge on any atom is 0.412 e. The normalized spacial score (nSPS) is 11.2. The summed E-state index contributed by atoms with van der Waals surface area (Å²) < 4.78 is 5.22.